The number of alkyl halides is 3. The van der Waals surface area contributed by atoms with Gasteiger partial charge in [-0.05, 0) is 55.1 Å². The lowest BCUT2D eigenvalue weighted by Crippen LogP contribution is -2.44. The zero-order valence-electron chi connectivity index (χ0n) is 19.7. The zero-order valence-corrected chi connectivity index (χ0v) is 20.7. The van der Waals surface area contributed by atoms with Crippen LogP contribution in [0.15, 0.2) is 49.1 Å². The Morgan fingerprint density at radius 3 is 2.53 bits per heavy atom. The van der Waals surface area contributed by atoms with E-state index in [0.29, 0.717) is 12.8 Å². The van der Waals surface area contributed by atoms with Crippen LogP contribution in [0.4, 0.5) is 13.2 Å². The Labute approximate surface area is 190 Å². The van der Waals surface area contributed by atoms with Crippen LogP contribution in [0.2, 0.25) is 18.1 Å². The smallest absolute Gasteiger partial charge is 0.416 e. The third-order valence-electron chi connectivity index (χ3n) is 6.48. The molecule has 7 heteroatoms. The number of halogens is 3. The normalized spacial score (nSPS) is 21.2. The fourth-order valence-corrected chi connectivity index (χ4v) is 4.80. The molecule has 0 aliphatic heterocycles. The molecule has 0 heterocycles. The summed E-state index contributed by atoms with van der Waals surface area (Å²) in [5.74, 6) is 0.445. The molecule has 0 radical (unpaired) electrons. The molecule has 0 bridgehead atoms. The van der Waals surface area contributed by atoms with Gasteiger partial charge >= 0.3 is 6.18 Å². The maximum absolute atomic E-state index is 13.0. The van der Waals surface area contributed by atoms with Gasteiger partial charge in [0.2, 0.25) is 0 Å². The lowest BCUT2D eigenvalue weighted by Gasteiger charge is -2.38. The lowest BCUT2D eigenvalue weighted by molar-refractivity contribution is -0.137. The topological polar surface area (TPSA) is 35.5 Å². The van der Waals surface area contributed by atoms with Gasteiger partial charge in [0, 0.05) is 12.3 Å². The third kappa shape index (κ3) is 7.07. The van der Waals surface area contributed by atoms with Gasteiger partial charge in [-0.1, -0.05) is 45.1 Å². The number of allylic oxidation sites excluding steroid dienone is 2. The Balaban J connectivity index is 2.19. The first-order valence-electron chi connectivity index (χ1n) is 11.0. The highest BCUT2D eigenvalue weighted by molar-refractivity contribution is 6.74. The molecule has 1 aliphatic carbocycles. The van der Waals surface area contributed by atoms with Crippen LogP contribution >= 0.6 is 0 Å². The molecule has 1 aliphatic rings. The molecule has 0 aromatic heterocycles. The summed E-state index contributed by atoms with van der Waals surface area (Å²) in [6.45, 7) is 14.5. The summed E-state index contributed by atoms with van der Waals surface area (Å²) in [6.07, 6.45) is 2.85. The number of ether oxygens (including phenoxy) is 1. The van der Waals surface area contributed by atoms with Gasteiger partial charge < -0.3 is 9.16 Å². The van der Waals surface area contributed by atoms with E-state index in [2.05, 4.69) is 40.4 Å². The number of hydrogen-bond acceptors (Lipinski definition) is 3. The van der Waals surface area contributed by atoms with Crippen molar-refractivity contribution in [2.24, 2.45) is 11.8 Å². The molecular weight excluding hydrogens is 433 g/mol. The molecule has 1 aromatic carbocycles. The van der Waals surface area contributed by atoms with E-state index < -0.39 is 26.2 Å². The number of rotatable bonds is 9. The predicted octanol–water partition coefficient (Wildman–Crippen LogP) is 7.20. The first-order chi connectivity index (χ1) is 14.7. The van der Waals surface area contributed by atoms with Crippen LogP contribution in [-0.2, 0) is 15.4 Å². The summed E-state index contributed by atoms with van der Waals surface area (Å²) in [6, 6.07) is 4.87. The minimum Gasteiger partial charge on any atom is -0.491 e. The Kier molecular flexibility index (Phi) is 8.56. The number of benzene rings is 1. The number of carbonyl (C=O) groups is 1. The average molecular weight is 469 g/mol. The van der Waals surface area contributed by atoms with Gasteiger partial charge in [-0.15, -0.1) is 6.58 Å². The van der Waals surface area contributed by atoms with E-state index in [4.69, 9.17) is 9.16 Å². The van der Waals surface area contributed by atoms with Crippen LogP contribution in [0, 0.1) is 11.8 Å². The standard InChI is InChI=1S/C25H35F3O3Si/c1-7-9-22-18(13-15-23(22)29)12-14-21(31-32(5,6)24(2,3)4)17-30-20-11-8-10-19(16-20)25(26,27)28/h7-8,10-12,14,16,18,21-22H,1,9,13,15,17H2,2-6H3/b14-12+/t18-,21+,22+/m0/s1. The van der Waals surface area contributed by atoms with Gasteiger partial charge in [0.05, 0.1) is 11.7 Å². The fraction of sp³-hybridized carbons (Fsp3) is 0.560. The van der Waals surface area contributed by atoms with Gasteiger partial charge in [0.25, 0.3) is 0 Å². The maximum Gasteiger partial charge on any atom is 0.416 e. The van der Waals surface area contributed by atoms with E-state index >= 15 is 0 Å². The van der Waals surface area contributed by atoms with Gasteiger partial charge in [-0.25, -0.2) is 0 Å². The molecule has 1 saturated carbocycles. The van der Waals surface area contributed by atoms with Crippen molar-refractivity contribution in [3.05, 3.63) is 54.6 Å². The zero-order chi connectivity index (χ0) is 24.2. The molecule has 0 spiro atoms. The van der Waals surface area contributed by atoms with Crippen molar-refractivity contribution < 1.29 is 27.1 Å². The lowest BCUT2D eigenvalue weighted by atomic mass is 9.92. The van der Waals surface area contributed by atoms with Crippen LogP contribution in [0.3, 0.4) is 0 Å². The van der Waals surface area contributed by atoms with Gasteiger partial charge in [0.15, 0.2) is 8.32 Å². The number of hydrogen-bond donors (Lipinski definition) is 0. The number of Topliss-reactive ketones (excluding diaryl/α,β-unsaturated/α-hetero) is 1. The van der Waals surface area contributed by atoms with Crippen molar-refractivity contribution in [2.75, 3.05) is 6.61 Å². The van der Waals surface area contributed by atoms with Crippen molar-refractivity contribution >= 4 is 14.1 Å². The third-order valence-corrected chi connectivity index (χ3v) is 11.0. The molecule has 1 fully saturated rings. The molecular formula is C25H35F3O3Si. The molecule has 32 heavy (non-hydrogen) atoms. The van der Waals surface area contributed by atoms with Crippen LogP contribution in [0.1, 0.15) is 45.6 Å². The summed E-state index contributed by atoms with van der Waals surface area (Å²) >= 11 is 0. The molecule has 178 valence electrons. The van der Waals surface area contributed by atoms with Crippen molar-refractivity contribution in [1.82, 2.24) is 0 Å². The average Bonchev–Trinajstić information content (AvgIpc) is 3.02. The van der Waals surface area contributed by atoms with Crippen LogP contribution in [-0.4, -0.2) is 26.8 Å². The van der Waals surface area contributed by atoms with Gasteiger partial charge in [-0.3, -0.25) is 4.79 Å². The first kappa shape index (κ1) is 26.4. The minimum absolute atomic E-state index is 0.0377. The highest BCUT2D eigenvalue weighted by atomic mass is 28.4. The van der Waals surface area contributed by atoms with E-state index in [0.717, 1.165) is 18.6 Å². The second-order valence-electron chi connectivity index (χ2n) is 9.94. The van der Waals surface area contributed by atoms with E-state index in [1.807, 2.05) is 12.2 Å². The summed E-state index contributed by atoms with van der Waals surface area (Å²) in [5.41, 5.74) is -0.746. The van der Waals surface area contributed by atoms with Gasteiger partial charge in [-0.2, -0.15) is 13.2 Å². The molecule has 0 N–H and O–H groups in total. The summed E-state index contributed by atoms with van der Waals surface area (Å²) in [4.78, 5) is 12.2. The van der Waals surface area contributed by atoms with Crippen molar-refractivity contribution in [3.63, 3.8) is 0 Å². The summed E-state index contributed by atoms with van der Waals surface area (Å²) in [7, 11) is -2.16. The number of ketones is 1. The van der Waals surface area contributed by atoms with Crippen molar-refractivity contribution in [1.29, 1.82) is 0 Å². The highest BCUT2D eigenvalue weighted by Crippen LogP contribution is 2.38. The molecule has 3 atom stereocenters. The highest BCUT2D eigenvalue weighted by Gasteiger charge is 2.39. The van der Waals surface area contributed by atoms with E-state index in [1.165, 1.54) is 12.1 Å². The molecule has 0 unspecified atom stereocenters. The quantitative estimate of drug-likeness (QED) is 0.284. The Morgan fingerprint density at radius 2 is 1.94 bits per heavy atom. The first-order valence-corrected chi connectivity index (χ1v) is 14.0. The Hall–Kier alpha value is -1.86. The second kappa shape index (κ2) is 10.4. The van der Waals surface area contributed by atoms with Crippen LogP contribution in [0.5, 0.6) is 5.75 Å². The van der Waals surface area contributed by atoms with Crippen molar-refractivity contribution in [2.45, 2.75) is 70.4 Å². The fourth-order valence-electron chi connectivity index (χ4n) is 3.54. The predicted molar refractivity (Wildman–Crippen MR) is 124 cm³/mol. The van der Waals surface area contributed by atoms with E-state index in [9.17, 15) is 18.0 Å². The van der Waals surface area contributed by atoms with E-state index in [-0.39, 0.29) is 35.0 Å². The second-order valence-corrected chi connectivity index (χ2v) is 14.7. The van der Waals surface area contributed by atoms with Crippen LogP contribution in [0.25, 0.3) is 0 Å². The van der Waals surface area contributed by atoms with Crippen LogP contribution < -0.4 is 4.74 Å². The number of carbonyl (C=O) groups excluding carboxylic acids is 1. The molecule has 0 saturated heterocycles. The minimum atomic E-state index is -4.43. The van der Waals surface area contributed by atoms with E-state index in [1.54, 1.807) is 6.08 Å². The molecule has 1 aromatic rings. The Morgan fingerprint density at radius 1 is 1.25 bits per heavy atom. The summed E-state index contributed by atoms with van der Waals surface area (Å²) in [5, 5.41) is -0.0377. The Bertz CT molecular complexity index is 824. The molecule has 3 nitrogen and oxygen atoms in total. The largest absolute Gasteiger partial charge is 0.491 e. The molecule has 2 rings (SSSR count). The van der Waals surface area contributed by atoms with Gasteiger partial charge in [0.1, 0.15) is 18.1 Å². The van der Waals surface area contributed by atoms with Crippen molar-refractivity contribution in [3.8, 4) is 5.75 Å². The summed E-state index contributed by atoms with van der Waals surface area (Å²) < 4.78 is 51.3. The molecule has 0 amide bonds. The monoisotopic (exact) mass is 468 g/mol. The maximum atomic E-state index is 13.0. The SMILES string of the molecule is C=CC[C@H]1C(=O)CC[C@@H]1/C=C/[C@H](COc1cccc(C(F)(F)F)c1)O[Si](C)(C)C(C)(C)C.